The van der Waals surface area contributed by atoms with Crippen molar-refractivity contribution in [2.75, 3.05) is 13.2 Å². The molecule has 0 bridgehead atoms. The van der Waals surface area contributed by atoms with Crippen molar-refractivity contribution in [3.63, 3.8) is 0 Å². The lowest BCUT2D eigenvalue weighted by molar-refractivity contribution is -0.120. The Balaban J connectivity index is 1.45. The normalized spacial score (nSPS) is 46.6. The number of fused-ring (bicyclic) bond motifs is 5. The molecule has 9 atom stereocenters. The van der Waals surface area contributed by atoms with Crippen LogP contribution in [0, 0.1) is 46.3 Å². The van der Waals surface area contributed by atoms with Crippen molar-refractivity contribution in [1.29, 1.82) is 0 Å². The maximum atomic E-state index is 11.5. The fourth-order valence-corrected chi connectivity index (χ4v) is 9.32. The largest absolute Gasteiger partial charge is 0.395 e. The molecule has 30 heavy (non-hydrogen) atoms. The van der Waals surface area contributed by atoms with Crippen LogP contribution in [0.2, 0.25) is 0 Å². The van der Waals surface area contributed by atoms with Crippen LogP contribution in [0.15, 0.2) is 0 Å². The van der Waals surface area contributed by atoms with Crippen LogP contribution >= 0.6 is 0 Å². The van der Waals surface area contributed by atoms with E-state index in [1.165, 1.54) is 57.8 Å². The van der Waals surface area contributed by atoms with E-state index in [9.17, 15) is 9.90 Å². The van der Waals surface area contributed by atoms with E-state index in [1.54, 1.807) is 6.92 Å². The summed E-state index contributed by atoms with van der Waals surface area (Å²) < 4.78 is 0. The summed E-state index contributed by atoms with van der Waals surface area (Å²) in [6, 6.07) is 0.624. The Hall–Kier alpha value is -0.410. The highest BCUT2D eigenvalue weighted by atomic mass is 16.3. The smallest absolute Gasteiger partial charge is 0.129 e. The predicted molar refractivity (Wildman–Crippen MR) is 123 cm³/mol. The van der Waals surface area contributed by atoms with Gasteiger partial charge < -0.3 is 15.2 Å². The molecule has 172 valence electrons. The lowest BCUT2D eigenvalue weighted by Crippen LogP contribution is -2.55. The second-order valence-corrected chi connectivity index (χ2v) is 12.3. The summed E-state index contributed by atoms with van der Waals surface area (Å²) in [6.45, 7) is 10.5. The molecule has 0 aromatic rings. The molecule has 0 saturated heterocycles. The van der Waals surface area contributed by atoms with Crippen molar-refractivity contribution in [3.05, 3.63) is 0 Å². The molecule has 4 aliphatic carbocycles. The van der Waals surface area contributed by atoms with Gasteiger partial charge in [-0.05, 0) is 117 Å². The third kappa shape index (κ3) is 3.91. The van der Waals surface area contributed by atoms with E-state index in [0.717, 1.165) is 49.0 Å². The molecular formula is C27H47NO2. The first-order valence-electron chi connectivity index (χ1n) is 13.1. The molecule has 7 unspecified atom stereocenters. The van der Waals surface area contributed by atoms with Crippen LogP contribution in [0.3, 0.4) is 0 Å². The summed E-state index contributed by atoms with van der Waals surface area (Å²) in [5, 5.41) is 12.8. The van der Waals surface area contributed by atoms with E-state index in [1.807, 2.05) is 0 Å². The van der Waals surface area contributed by atoms with Gasteiger partial charge in [-0.15, -0.1) is 0 Å². The number of aliphatic hydroxyl groups excluding tert-OH is 1. The van der Waals surface area contributed by atoms with E-state index >= 15 is 0 Å². The number of carbonyl (C=O) groups excluding carboxylic acids is 1. The molecule has 0 heterocycles. The van der Waals surface area contributed by atoms with Gasteiger partial charge in [-0.1, -0.05) is 20.8 Å². The Labute approximate surface area is 185 Å². The zero-order valence-corrected chi connectivity index (χ0v) is 20.1. The maximum absolute atomic E-state index is 11.5. The van der Waals surface area contributed by atoms with Gasteiger partial charge in [-0.25, -0.2) is 0 Å². The summed E-state index contributed by atoms with van der Waals surface area (Å²) in [5.74, 6) is 5.55. The maximum Gasteiger partial charge on any atom is 0.129 e. The predicted octanol–water partition coefficient (Wildman–Crippen LogP) is 5.60. The van der Waals surface area contributed by atoms with Crippen LogP contribution in [-0.2, 0) is 4.79 Å². The molecule has 3 nitrogen and oxygen atoms in total. The van der Waals surface area contributed by atoms with E-state index in [0.29, 0.717) is 28.6 Å². The highest BCUT2D eigenvalue weighted by Crippen LogP contribution is 2.68. The van der Waals surface area contributed by atoms with Crippen LogP contribution in [0.5, 0.6) is 0 Å². The number of rotatable bonds is 7. The molecule has 3 heteroatoms. The molecule has 0 aromatic heterocycles. The fraction of sp³-hybridized carbons (Fsp3) is 0.963. The average molecular weight is 418 g/mol. The van der Waals surface area contributed by atoms with Crippen molar-refractivity contribution >= 4 is 5.78 Å². The number of hydrogen-bond donors (Lipinski definition) is 2. The van der Waals surface area contributed by atoms with E-state index in [-0.39, 0.29) is 6.61 Å². The van der Waals surface area contributed by atoms with Crippen LogP contribution in [-0.4, -0.2) is 30.1 Å². The van der Waals surface area contributed by atoms with Crippen LogP contribution in [0.25, 0.3) is 0 Å². The van der Waals surface area contributed by atoms with Crippen LogP contribution in [0.1, 0.15) is 98.3 Å². The summed E-state index contributed by atoms with van der Waals surface area (Å²) in [5.41, 5.74) is 1.06. The standard InChI is InChI=1S/C27H47NO2/c1-18(5-6-19(2)30)23-9-10-24-22-8-7-20-17-21(28-15-16-29)11-13-26(20,3)25(22)12-14-27(23,24)4/h18,20-25,28-29H,5-17H2,1-4H3/t18-,20?,21-,22?,23?,24?,25?,26?,27?/m1/s1. The number of carbonyl (C=O) groups is 1. The first-order chi connectivity index (χ1) is 14.3. The zero-order chi connectivity index (χ0) is 21.5. The molecule has 0 aliphatic heterocycles. The highest BCUT2D eigenvalue weighted by Gasteiger charge is 2.60. The molecule has 0 spiro atoms. The zero-order valence-electron chi connectivity index (χ0n) is 20.1. The van der Waals surface area contributed by atoms with Crippen molar-refractivity contribution in [2.24, 2.45) is 46.3 Å². The first-order valence-corrected chi connectivity index (χ1v) is 13.1. The molecule has 4 rings (SSSR count). The first kappa shape index (κ1) is 22.8. The van der Waals surface area contributed by atoms with Gasteiger partial charge in [0.15, 0.2) is 0 Å². The minimum absolute atomic E-state index is 0.259. The Morgan fingerprint density at radius 3 is 2.50 bits per heavy atom. The molecule has 2 N–H and O–H groups in total. The highest BCUT2D eigenvalue weighted by molar-refractivity contribution is 5.75. The Morgan fingerprint density at radius 2 is 1.77 bits per heavy atom. The lowest BCUT2D eigenvalue weighted by Gasteiger charge is -2.61. The van der Waals surface area contributed by atoms with Gasteiger partial charge in [0.25, 0.3) is 0 Å². The summed E-state index contributed by atoms with van der Waals surface area (Å²) in [7, 11) is 0. The van der Waals surface area contributed by atoms with E-state index < -0.39 is 0 Å². The van der Waals surface area contributed by atoms with Crippen LogP contribution in [0.4, 0.5) is 0 Å². The average Bonchev–Trinajstić information content (AvgIpc) is 3.07. The summed E-state index contributed by atoms with van der Waals surface area (Å²) in [4.78, 5) is 11.5. The Morgan fingerprint density at radius 1 is 1.03 bits per heavy atom. The van der Waals surface area contributed by atoms with Gasteiger partial charge in [-0.3, -0.25) is 0 Å². The molecule has 4 aliphatic rings. The third-order valence-electron chi connectivity index (χ3n) is 10.9. The van der Waals surface area contributed by atoms with Gasteiger partial charge in [-0.2, -0.15) is 0 Å². The second-order valence-electron chi connectivity index (χ2n) is 12.3. The van der Waals surface area contributed by atoms with Crippen molar-refractivity contribution < 1.29 is 9.90 Å². The van der Waals surface area contributed by atoms with Gasteiger partial charge in [0, 0.05) is 19.0 Å². The molecule has 0 radical (unpaired) electrons. The summed E-state index contributed by atoms with van der Waals surface area (Å²) in [6.07, 6.45) is 14.4. The molecule has 4 fully saturated rings. The Bertz CT molecular complexity index is 620. The number of aliphatic hydroxyl groups is 1. The number of Topliss-reactive ketones (excluding diaryl/α,β-unsaturated/α-hetero) is 1. The van der Waals surface area contributed by atoms with Crippen molar-refractivity contribution in [1.82, 2.24) is 5.32 Å². The second kappa shape index (κ2) is 8.85. The number of nitrogens with one attached hydrogen (secondary N) is 1. The van der Waals surface area contributed by atoms with Crippen molar-refractivity contribution in [2.45, 2.75) is 104 Å². The van der Waals surface area contributed by atoms with E-state index in [2.05, 4.69) is 26.1 Å². The van der Waals surface area contributed by atoms with E-state index in [4.69, 9.17) is 0 Å². The van der Waals surface area contributed by atoms with Gasteiger partial charge in [0.1, 0.15) is 5.78 Å². The Kier molecular flexibility index (Phi) is 6.72. The molecule has 0 aromatic carbocycles. The minimum atomic E-state index is 0.259. The quantitative estimate of drug-likeness (QED) is 0.567. The number of ketones is 1. The van der Waals surface area contributed by atoms with Gasteiger partial charge in [0.2, 0.25) is 0 Å². The lowest BCUT2D eigenvalue weighted by atomic mass is 9.44. The monoisotopic (exact) mass is 417 g/mol. The molecule has 4 saturated carbocycles. The fourth-order valence-electron chi connectivity index (χ4n) is 9.32. The molecule has 0 amide bonds. The molecular weight excluding hydrogens is 370 g/mol. The third-order valence-corrected chi connectivity index (χ3v) is 10.9. The minimum Gasteiger partial charge on any atom is -0.395 e. The SMILES string of the molecule is CC(=O)CC[C@@H](C)C1CCC2C3CCC4C[C@H](NCCO)CCC4(C)C3CCC21C. The number of hydrogen-bond acceptors (Lipinski definition) is 3. The van der Waals surface area contributed by atoms with Gasteiger partial charge >= 0.3 is 0 Å². The topological polar surface area (TPSA) is 49.3 Å². The van der Waals surface area contributed by atoms with Crippen LogP contribution < -0.4 is 5.32 Å². The van der Waals surface area contributed by atoms with Crippen molar-refractivity contribution in [3.8, 4) is 0 Å². The summed E-state index contributed by atoms with van der Waals surface area (Å²) >= 11 is 0. The van der Waals surface area contributed by atoms with Gasteiger partial charge in [0.05, 0.1) is 6.61 Å².